The van der Waals surface area contributed by atoms with Crippen molar-refractivity contribution in [3.63, 3.8) is 0 Å². The van der Waals surface area contributed by atoms with E-state index in [-0.39, 0.29) is 12.8 Å². The number of nitrogens with one attached hydrogen (secondary N) is 1. The van der Waals surface area contributed by atoms with Gasteiger partial charge in [0.05, 0.1) is 0 Å². The Morgan fingerprint density at radius 3 is 2.22 bits per heavy atom. The number of aliphatic carboxylic acids is 1. The molecule has 0 aliphatic heterocycles. The van der Waals surface area contributed by atoms with Crippen molar-refractivity contribution in [1.29, 1.82) is 0 Å². The van der Waals surface area contributed by atoms with E-state index in [4.69, 9.17) is 8.83 Å². The van der Waals surface area contributed by atoms with E-state index in [0.717, 1.165) is 33.2 Å². The van der Waals surface area contributed by atoms with E-state index < -0.39 is 23.5 Å². The molecule has 0 unspecified atom stereocenters. The Morgan fingerprint density at radius 1 is 0.892 bits per heavy atom. The van der Waals surface area contributed by atoms with E-state index in [1.165, 1.54) is 0 Å². The Kier molecular flexibility index (Phi) is 6.36. The van der Waals surface area contributed by atoms with E-state index in [1.807, 2.05) is 50.2 Å². The van der Waals surface area contributed by atoms with E-state index in [0.29, 0.717) is 22.3 Å². The number of carboxylic acids is 1. The smallest absolute Gasteiger partial charge is 0.339 e. The van der Waals surface area contributed by atoms with Gasteiger partial charge in [-0.15, -0.1) is 0 Å². The van der Waals surface area contributed by atoms with Crippen LogP contribution in [0.4, 0.5) is 0 Å². The van der Waals surface area contributed by atoms with Crippen molar-refractivity contribution in [3.05, 3.63) is 106 Å². The summed E-state index contributed by atoms with van der Waals surface area (Å²) in [5, 5.41) is 13.8. The van der Waals surface area contributed by atoms with Gasteiger partial charge in [0, 0.05) is 34.4 Å². The van der Waals surface area contributed by atoms with Crippen molar-refractivity contribution in [3.8, 4) is 11.1 Å². The molecular weight excluding hydrogens is 470 g/mol. The van der Waals surface area contributed by atoms with Crippen LogP contribution >= 0.6 is 0 Å². The van der Waals surface area contributed by atoms with E-state index in [9.17, 15) is 19.5 Å². The number of rotatable bonds is 7. The minimum atomic E-state index is -1.17. The molecule has 0 radical (unpaired) electrons. The Morgan fingerprint density at radius 2 is 1.54 bits per heavy atom. The summed E-state index contributed by atoms with van der Waals surface area (Å²) in [5.41, 5.74) is 4.08. The quantitative estimate of drug-likeness (QED) is 0.280. The molecular formula is C30H25NO6. The van der Waals surface area contributed by atoms with Crippen molar-refractivity contribution < 1.29 is 23.5 Å². The number of hydrogen-bond acceptors (Lipinski definition) is 5. The fourth-order valence-corrected chi connectivity index (χ4v) is 4.76. The van der Waals surface area contributed by atoms with Crippen molar-refractivity contribution >= 4 is 33.8 Å². The number of hydrogen-bond donors (Lipinski definition) is 2. The summed E-state index contributed by atoms with van der Waals surface area (Å²) in [6.07, 6.45) is 0.0567. The zero-order valence-electron chi connectivity index (χ0n) is 20.4. The van der Waals surface area contributed by atoms with Crippen LogP contribution in [0, 0.1) is 13.8 Å². The summed E-state index contributed by atoms with van der Waals surface area (Å²) in [7, 11) is 0. The first-order valence-corrected chi connectivity index (χ1v) is 12.0. The minimum absolute atomic E-state index is 0.0595. The number of benzene rings is 3. The summed E-state index contributed by atoms with van der Waals surface area (Å²) in [5.74, 6) is -0.864. The zero-order chi connectivity index (χ0) is 26.1. The number of carboxylic acid groups (broad SMARTS) is 1. The SMILES string of the molecule is Cc1oc2cc3oc(=O)c(CCC(=O)N[C@@H](C(=O)O)c4ccccc4)c(C)c3cc2c1-c1ccccc1. The molecule has 2 N–H and O–H groups in total. The summed E-state index contributed by atoms with van der Waals surface area (Å²) >= 11 is 0. The van der Waals surface area contributed by atoms with E-state index >= 15 is 0 Å². The van der Waals surface area contributed by atoms with Crippen LogP contribution in [0.25, 0.3) is 33.1 Å². The number of amides is 1. The highest BCUT2D eigenvalue weighted by Gasteiger charge is 2.23. The maximum atomic E-state index is 12.8. The van der Waals surface area contributed by atoms with Gasteiger partial charge < -0.3 is 19.3 Å². The zero-order valence-corrected chi connectivity index (χ0v) is 20.4. The summed E-state index contributed by atoms with van der Waals surface area (Å²) in [4.78, 5) is 37.2. The largest absolute Gasteiger partial charge is 0.479 e. The molecule has 5 aromatic rings. The van der Waals surface area contributed by atoms with Gasteiger partial charge in [0.25, 0.3) is 0 Å². The molecule has 37 heavy (non-hydrogen) atoms. The summed E-state index contributed by atoms with van der Waals surface area (Å²) in [6.45, 7) is 3.73. The number of fused-ring (bicyclic) bond motifs is 2. The second kappa shape index (κ2) is 9.78. The summed E-state index contributed by atoms with van der Waals surface area (Å²) in [6, 6.07) is 20.9. The molecule has 0 aliphatic carbocycles. The lowest BCUT2D eigenvalue weighted by molar-refractivity contribution is -0.142. The van der Waals surface area contributed by atoms with Gasteiger partial charge in [-0.3, -0.25) is 4.79 Å². The molecule has 2 aromatic heterocycles. The highest BCUT2D eigenvalue weighted by atomic mass is 16.4. The van der Waals surface area contributed by atoms with Crippen LogP contribution in [0.15, 0.2) is 86.4 Å². The molecule has 1 atom stereocenters. The molecule has 0 saturated carbocycles. The summed E-state index contributed by atoms with van der Waals surface area (Å²) < 4.78 is 11.6. The molecule has 186 valence electrons. The Bertz CT molecular complexity index is 1680. The minimum Gasteiger partial charge on any atom is -0.479 e. The molecule has 5 rings (SSSR count). The second-order valence-electron chi connectivity index (χ2n) is 8.99. The van der Waals surface area contributed by atoms with Crippen LogP contribution in [0.3, 0.4) is 0 Å². The lowest BCUT2D eigenvalue weighted by Crippen LogP contribution is -2.34. The number of carbonyl (C=O) groups excluding carboxylic acids is 1. The maximum absolute atomic E-state index is 12.8. The number of carbonyl (C=O) groups is 2. The maximum Gasteiger partial charge on any atom is 0.339 e. The Balaban J connectivity index is 1.46. The van der Waals surface area contributed by atoms with Gasteiger partial charge in [-0.25, -0.2) is 9.59 Å². The predicted octanol–water partition coefficient (Wildman–Crippen LogP) is 5.70. The van der Waals surface area contributed by atoms with E-state index in [1.54, 1.807) is 36.4 Å². The first-order valence-electron chi connectivity index (χ1n) is 12.0. The molecule has 2 heterocycles. The first-order chi connectivity index (χ1) is 17.8. The van der Waals surface area contributed by atoms with Gasteiger partial charge in [-0.2, -0.15) is 0 Å². The van der Waals surface area contributed by atoms with Gasteiger partial charge in [0.15, 0.2) is 6.04 Å². The van der Waals surface area contributed by atoms with Gasteiger partial charge in [-0.05, 0) is 43.0 Å². The molecule has 0 bridgehead atoms. The van der Waals surface area contributed by atoms with Crippen LogP contribution in [0.1, 0.15) is 34.9 Å². The van der Waals surface area contributed by atoms with Gasteiger partial charge in [0.2, 0.25) is 5.91 Å². The average Bonchev–Trinajstić information content (AvgIpc) is 3.21. The topological polar surface area (TPSA) is 110 Å². The van der Waals surface area contributed by atoms with Gasteiger partial charge >= 0.3 is 11.6 Å². The molecule has 7 heteroatoms. The normalized spacial score (nSPS) is 12.1. The molecule has 0 aliphatic rings. The molecule has 1 amide bonds. The Hall–Kier alpha value is -4.65. The second-order valence-corrected chi connectivity index (χ2v) is 8.99. The Labute approximate surface area is 212 Å². The third-order valence-corrected chi connectivity index (χ3v) is 6.62. The lowest BCUT2D eigenvalue weighted by Gasteiger charge is -2.15. The van der Waals surface area contributed by atoms with E-state index in [2.05, 4.69) is 5.32 Å². The van der Waals surface area contributed by atoms with Crippen LogP contribution in [0.5, 0.6) is 0 Å². The third kappa shape index (κ3) is 4.63. The average molecular weight is 496 g/mol. The lowest BCUT2D eigenvalue weighted by atomic mass is 9.98. The molecule has 0 spiro atoms. The fraction of sp³-hybridized carbons (Fsp3) is 0.167. The molecule has 3 aromatic carbocycles. The number of furan rings is 1. The highest BCUT2D eigenvalue weighted by Crippen LogP contribution is 2.37. The van der Waals surface area contributed by atoms with Crippen molar-refractivity contribution in [2.45, 2.75) is 32.7 Å². The van der Waals surface area contributed by atoms with Gasteiger partial charge in [0.1, 0.15) is 16.9 Å². The molecule has 7 nitrogen and oxygen atoms in total. The third-order valence-electron chi connectivity index (χ3n) is 6.62. The molecule has 0 saturated heterocycles. The van der Waals surface area contributed by atoms with Crippen LogP contribution in [-0.4, -0.2) is 17.0 Å². The van der Waals surface area contributed by atoms with Crippen molar-refractivity contribution in [2.24, 2.45) is 0 Å². The standard InChI is InChI=1S/C30H25NO6/c1-17-21(13-14-26(32)31-28(29(33)34)20-11-7-4-8-12-20)30(35)37-24-16-25-23(15-22(17)24)27(18(2)36-25)19-9-5-3-6-10-19/h3-12,15-16,28H,13-14H2,1-2H3,(H,31,32)(H,33,34)/t28-/m1/s1. The van der Waals surface area contributed by atoms with Crippen molar-refractivity contribution in [1.82, 2.24) is 5.32 Å². The first kappa shape index (κ1) is 24.1. The fourth-order valence-electron chi connectivity index (χ4n) is 4.76. The molecule has 0 fully saturated rings. The van der Waals surface area contributed by atoms with Crippen LogP contribution in [0.2, 0.25) is 0 Å². The monoisotopic (exact) mass is 495 g/mol. The van der Waals surface area contributed by atoms with Crippen LogP contribution in [-0.2, 0) is 16.0 Å². The van der Waals surface area contributed by atoms with Crippen molar-refractivity contribution in [2.75, 3.05) is 0 Å². The predicted molar refractivity (Wildman–Crippen MR) is 140 cm³/mol. The van der Waals surface area contributed by atoms with Gasteiger partial charge in [-0.1, -0.05) is 60.7 Å². The van der Waals surface area contributed by atoms with Crippen LogP contribution < -0.4 is 10.9 Å². The number of aryl methyl sites for hydroxylation is 2. The highest BCUT2D eigenvalue weighted by molar-refractivity contribution is 6.03.